The number of hydrogen-bond acceptors (Lipinski definition) is 3. The van der Waals surface area contributed by atoms with Crippen LogP contribution in [-0.2, 0) is 25.7 Å². The lowest BCUT2D eigenvalue weighted by molar-refractivity contribution is 0.908. The van der Waals surface area contributed by atoms with E-state index in [0.29, 0.717) is 32.5 Å². The molecule has 0 bridgehead atoms. The van der Waals surface area contributed by atoms with E-state index in [1.165, 1.54) is 5.56 Å². The van der Waals surface area contributed by atoms with Crippen LogP contribution in [0.1, 0.15) is 57.9 Å². The number of guanidine groups is 3. The van der Waals surface area contributed by atoms with Gasteiger partial charge in [-0.3, -0.25) is 15.0 Å². The molecule has 0 aromatic heterocycles. The van der Waals surface area contributed by atoms with Gasteiger partial charge in [0.1, 0.15) is 0 Å². The second kappa shape index (κ2) is 16.8. The van der Waals surface area contributed by atoms with Crippen LogP contribution >= 0.6 is 0 Å². The van der Waals surface area contributed by atoms with Crippen LogP contribution in [0.15, 0.2) is 75.6 Å². The third-order valence-corrected chi connectivity index (χ3v) is 6.29. The van der Waals surface area contributed by atoms with Crippen molar-refractivity contribution in [2.75, 3.05) is 19.6 Å². The molecule has 0 fully saturated rings. The Balaban J connectivity index is 1.84. The van der Waals surface area contributed by atoms with E-state index >= 15 is 0 Å². The molecule has 3 aromatic rings. The predicted octanol–water partition coefficient (Wildman–Crippen LogP) is 1.89. The highest BCUT2D eigenvalue weighted by Gasteiger charge is 2.03. The molecular weight excluding hydrogens is 534 g/mol. The summed E-state index contributed by atoms with van der Waals surface area (Å²) >= 11 is 0. The van der Waals surface area contributed by atoms with Crippen LogP contribution in [-0.4, -0.2) is 37.5 Å². The summed E-state index contributed by atoms with van der Waals surface area (Å²) in [5, 5.41) is 0. The van der Waals surface area contributed by atoms with Gasteiger partial charge in [-0.15, -0.1) is 0 Å². The first-order valence-corrected chi connectivity index (χ1v) is 14.3. The van der Waals surface area contributed by atoms with Crippen molar-refractivity contribution in [3.63, 3.8) is 0 Å². The molecule has 9 heteroatoms. The van der Waals surface area contributed by atoms with E-state index in [4.69, 9.17) is 34.4 Å². The molecule has 0 amide bonds. The molecule has 12 N–H and O–H groups in total. The molecule has 0 radical (unpaired) electrons. The zero-order valence-corrected chi connectivity index (χ0v) is 24.7. The van der Waals surface area contributed by atoms with Gasteiger partial charge in [-0.05, 0) is 90.4 Å². The fourth-order valence-electron chi connectivity index (χ4n) is 4.44. The molecular formula is C34H41N9. The van der Waals surface area contributed by atoms with Gasteiger partial charge in [0.05, 0.1) is 0 Å². The summed E-state index contributed by atoms with van der Waals surface area (Å²) in [5.74, 6) is 13.5. The first-order chi connectivity index (χ1) is 20.7. The topological polar surface area (TPSA) is 193 Å². The molecule has 0 spiro atoms. The zero-order chi connectivity index (χ0) is 31.0. The fraction of sp³-hybridized carbons (Fsp3) is 0.265. The van der Waals surface area contributed by atoms with E-state index in [2.05, 4.69) is 82.0 Å². The molecule has 0 aliphatic carbocycles. The van der Waals surface area contributed by atoms with Crippen molar-refractivity contribution in [2.24, 2.45) is 49.4 Å². The quantitative estimate of drug-likeness (QED) is 0.115. The molecule has 3 rings (SSSR count). The second-order valence-electron chi connectivity index (χ2n) is 10.1. The molecule has 3 aromatic carbocycles. The van der Waals surface area contributed by atoms with Gasteiger partial charge < -0.3 is 34.4 Å². The predicted molar refractivity (Wildman–Crippen MR) is 178 cm³/mol. The van der Waals surface area contributed by atoms with Crippen molar-refractivity contribution in [1.29, 1.82) is 0 Å². The second-order valence-corrected chi connectivity index (χ2v) is 10.1. The van der Waals surface area contributed by atoms with Crippen LogP contribution in [0.3, 0.4) is 0 Å². The van der Waals surface area contributed by atoms with E-state index in [1.54, 1.807) is 0 Å². The van der Waals surface area contributed by atoms with Gasteiger partial charge in [0, 0.05) is 41.9 Å². The Labute approximate surface area is 254 Å². The highest BCUT2D eigenvalue weighted by molar-refractivity contribution is 5.76. The number of benzene rings is 3. The number of rotatable bonds is 11. The summed E-state index contributed by atoms with van der Waals surface area (Å²) in [7, 11) is 0. The van der Waals surface area contributed by atoms with Gasteiger partial charge in [-0.1, -0.05) is 55.2 Å². The van der Waals surface area contributed by atoms with Crippen molar-refractivity contribution in [3.8, 4) is 23.7 Å². The summed E-state index contributed by atoms with van der Waals surface area (Å²) in [4.78, 5) is 12.3. The summed E-state index contributed by atoms with van der Waals surface area (Å²) in [5.41, 5.74) is 41.1. The highest BCUT2D eigenvalue weighted by atomic mass is 15.0. The Morgan fingerprint density at radius 2 is 0.837 bits per heavy atom. The molecule has 0 atom stereocenters. The van der Waals surface area contributed by atoms with E-state index in [0.717, 1.165) is 58.2 Å². The number of aryl methyl sites for hydroxylation is 1. The average molecular weight is 576 g/mol. The summed E-state index contributed by atoms with van der Waals surface area (Å²) in [6, 6.07) is 20.6. The minimum Gasteiger partial charge on any atom is -0.370 e. The normalized spacial score (nSPS) is 9.98. The third kappa shape index (κ3) is 12.3. The van der Waals surface area contributed by atoms with E-state index in [-0.39, 0.29) is 17.9 Å². The van der Waals surface area contributed by atoms with Crippen LogP contribution in [0, 0.1) is 23.7 Å². The van der Waals surface area contributed by atoms with Crippen molar-refractivity contribution >= 4 is 17.9 Å². The summed E-state index contributed by atoms with van der Waals surface area (Å²) in [6.45, 7) is 3.70. The molecule has 0 aliphatic heterocycles. The average Bonchev–Trinajstić information content (AvgIpc) is 2.95. The van der Waals surface area contributed by atoms with E-state index < -0.39 is 0 Å². The number of aliphatic imine (C=N–C) groups is 3. The lowest BCUT2D eigenvalue weighted by Crippen LogP contribution is -2.23. The van der Waals surface area contributed by atoms with Crippen molar-refractivity contribution < 1.29 is 0 Å². The number of nitrogens with zero attached hydrogens (tertiary/aromatic N) is 3. The lowest BCUT2D eigenvalue weighted by Gasteiger charge is -2.06. The van der Waals surface area contributed by atoms with Crippen LogP contribution in [0.4, 0.5) is 0 Å². The number of hydrogen-bond donors (Lipinski definition) is 6. The van der Waals surface area contributed by atoms with Gasteiger partial charge in [0.25, 0.3) is 0 Å². The summed E-state index contributed by atoms with van der Waals surface area (Å²) < 4.78 is 0. The molecule has 222 valence electrons. The standard InChI is InChI=1S/C34H41N9/c1-2-4-26-18-27(20-29(19-26)11-14-41-32(35)36)9-7-24-5-3-6-25(17-24)8-10-28-21-30(12-15-42-33(37)38)23-31(22-28)13-16-43-34(39)40/h3,5-6,17-23H,2,4,11-16H2,1H3,(H4,35,36,41)(H4,37,38,42)(H4,39,40,43). The Kier molecular flexibility index (Phi) is 12.5. The Morgan fingerprint density at radius 1 is 0.488 bits per heavy atom. The van der Waals surface area contributed by atoms with Crippen molar-refractivity contribution in [3.05, 3.63) is 105 Å². The largest absolute Gasteiger partial charge is 0.370 e. The molecule has 0 saturated heterocycles. The molecule has 0 unspecified atom stereocenters. The van der Waals surface area contributed by atoms with E-state index in [1.807, 2.05) is 24.3 Å². The molecule has 43 heavy (non-hydrogen) atoms. The van der Waals surface area contributed by atoms with Crippen molar-refractivity contribution in [1.82, 2.24) is 0 Å². The SMILES string of the molecule is CCCc1cc(C#Cc2cccc(C#Cc3cc(CCN=C(N)N)cc(CCN=C(N)N)c3)c2)cc(CCN=C(N)N)c1. The molecule has 0 heterocycles. The third-order valence-electron chi connectivity index (χ3n) is 6.29. The molecule has 0 saturated carbocycles. The first-order valence-electron chi connectivity index (χ1n) is 14.3. The smallest absolute Gasteiger partial charge is 0.185 e. The first kappa shape index (κ1) is 32.1. The Hall–Kier alpha value is -5.41. The van der Waals surface area contributed by atoms with E-state index in [9.17, 15) is 0 Å². The van der Waals surface area contributed by atoms with Crippen LogP contribution < -0.4 is 34.4 Å². The summed E-state index contributed by atoms with van der Waals surface area (Å²) in [6.07, 6.45) is 4.16. The molecule has 9 nitrogen and oxygen atoms in total. The Bertz CT molecular complexity index is 1560. The highest BCUT2D eigenvalue weighted by Crippen LogP contribution is 2.15. The monoisotopic (exact) mass is 575 g/mol. The van der Waals surface area contributed by atoms with Crippen LogP contribution in [0.25, 0.3) is 0 Å². The van der Waals surface area contributed by atoms with Gasteiger partial charge >= 0.3 is 0 Å². The maximum absolute atomic E-state index is 5.49. The van der Waals surface area contributed by atoms with Gasteiger partial charge in [-0.25, -0.2) is 0 Å². The van der Waals surface area contributed by atoms with Crippen molar-refractivity contribution in [2.45, 2.75) is 39.0 Å². The minimum atomic E-state index is 0.0730. The fourth-order valence-corrected chi connectivity index (χ4v) is 4.44. The maximum Gasteiger partial charge on any atom is 0.185 e. The zero-order valence-electron chi connectivity index (χ0n) is 24.7. The minimum absolute atomic E-state index is 0.0730. The Morgan fingerprint density at radius 3 is 1.19 bits per heavy atom. The van der Waals surface area contributed by atoms with Crippen LogP contribution in [0.2, 0.25) is 0 Å². The van der Waals surface area contributed by atoms with Crippen LogP contribution in [0.5, 0.6) is 0 Å². The molecule has 0 aliphatic rings. The van der Waals surface area contributed by atoms with Gasteiger partial charge in [0.2, 0.25) is 0 Å². The lowest BCUT2D eigenvalue weighted by atomic mass is 10.0. The maximum atomic E-state index is 5.49. The van der Waals surface area contributed by atoms with Gasteiger partial charge in [0.15, 0.2) is 17.9 Å². The van der Waals surface area contributed by atoms with Gasteiger partial charge in [-0.2, -0.15) is 0 Å². The number of nitrogens with two attached hydrogens (primary N) is 6.